The lowest BCUT2D eigenvalue weighted by atomic mass is 9.86. The van der Waals surface area contributed by atoms with E-state index in [1.54, 1.807) is 18.2 Å². The van der Waals surface area contributed by atoms with E-state index in [9.17, 15) is 14.9 Å². The molecule has 0 saturated heterocycles. The Labute approximate surface area is 158 Å². The van der Waals surface area contributed by atoms with E-state index in [0.29, 0.717) is 6.04 Å². The lowest BCUT2D eigenvalue weighted by Gasteiger charge is -2.35. The largest absolute Gasteiger partial charge is 0.319 e. The number of nitrogens with one attached hydrogen (secondary N) is 1. The number of aryl methyl sites for hydroxylation is 1. The number of benzene rings is 2. The fourth-order valence-electron chi connectivity index (χ4n) is 4.07. The van der Waals surface area contributed by atoms with Crippen molar-refractivity contribution in [1.82, 2.24) is 4.90 Å². The van der Waals surface area contributed by atoms with Gasteiger partial charge in [0, 0.05) is 18.2 Å². The standard InChI is InChI=1S/C21H23N3O3/c25-21(22-18-9-3-4-10-20(18)24(26)27)14-23(16-12-13-16)19-11-5-7-15-6-1-2-8-17(15)19/h1-4,6,8-10,16,19H,5,7,11-14H2,(H,22,25)/t19-/m0/s1. The summed E-state index contributed by atoms with van der Waals surface area (Å²) in [7, 11) is 0. The van der Waals surface area contributed by atoms with E-state index in [2.05, 4.69) is 34.5 Å². The van der Waals surface area contributed by atoms with Crippen molar-refractivity contribution in [2.45, 2.75) is 44.2 Å². The number of nitrogens with zero attached hydrogens (tertiary/aromatic N) is 2. The third kappa shape index (κ3) is 3.85. The number of carbonyl (C=O) groups is 1. The molecular formula is C21H23N3O3. The Morgan fingerprint density at radius 1 is 1.11 bits per heavy atom. The lowest BCUT2D eigenvalue weighted by molar-refractivity contribution is -0.383. The van der Waals surface area contributed by atoms with Gasteiger partial charge in [0.2, 0.25) is 5.91 Å². The van der Waals surface area contributed by atoms with Gasteiger partial charge in [0.05, 0.1) is 11.5 Å². The fraction of sp³-hybridized carbons (Fsp3) is 0.381. The molecule has 0 heterocycles. The fourth-order valence-corrected chi connectivity index (χ4v) is 4.07. The molecule has 0 aliphatic heterocycles. The molecule has 0 unspecified atom stereocenters. The molecule has 1 N–H and O–H groups in total. The van der Waals surface area contributed by atoms with Gasteiger partial charge in [-0.15, -0.1) is 0 Å². The number of hydrogen-bond acceptors (Lipinski definition) is 4. The van der Waals surface area contributed by atoms with Crippen LogP contribution in [0.25, 0.3) is 0 Å². The summed E-state index contributed by atoms with van der Waals surface area (Å²) in [6.45, 7) is 0.260. The zero-order valence-corrected chi connectivity index (χ0v) is 15.1. The highest BCUT2D eigenvalue weighted by molar-refractivity contribution is 5.94. The first-order chi connectivity index (χ1) is 13.1. The lowest BCUT2D eigenvalue weighted by Crippen LogP contribution is -2.39. The molecule has 0 bridgehead atoms. The first-order valence-corrected chi connectivity index (χ1v) is 9.50. The van der Waals surface area contributed by atoms with Crippen LogP contribution in [0.15, 0.2) is 48.5 Å². The van der Waals surface area contributed by atoms with Gasteiger partial charge in [-0.05, 0) is 49.3 Å². The van der Waals surface area contributed by atoms with Gasteiger partial charge in [0.1, 0.15) is 5.69 Å². The molecule has 27 heavy (non-hydrogen) atoms. The van der Waals surface area contributed by atoms with E-state index in [1.807, 2.05) is 0 Å². The summed E-state index contributed by atoms with van der Waals surface area (Å²) in [5.41, 5.74) is 2.88. The van der Waals surface area contributed by atoms with Crippen LogP contribution in [-0.4, -0.2) is 28.3 Å². The molecule has 6 heteroatoms. The summed E-state index contributed by atoms with van der Waals surface area (Å²) in [6, 6.07) is 15.5. The van der Waals surface area contributed by atoms with Crippen molar-refractivity contribution in [2.75, 3.05) is 11.9 Å². The highest BCUT2D eigenvalue weighted by Crippen LogP contribution is 2.40. The van der Waals surface area contributed by atoms with Gasteiger partial charge in [0.15, 0.2) is 0 Å². The summed E-state index contributed by atoms with van der Waals surface area (Å²) < 4.78 is 0. The predicted molar refractivity (Wildman–Crippen MR) is 104 cm³/mol. The average molecular weight is 365 g/mol. The maximum Gasteiger partial charge on any atom is 0.292 e. The molecule has 2 aromatic carbocycles. The van der Waals surface area contributed by atoms with Crippen molar-refractivity contribution in [3.63, 3.8) is 0 Å². The summed E-state index contributed by atoms with van der Waals surface area (Å²) in [5, 5.41) is 13.9. The quantitative estimate of drug-likeness (QED) is 0.618. The van der Waals surface area contributed by atoms with Crippen LogP contribution in [0.1, 0.15) is 42.9 Å². The van der Waals surface area contributed by atoms with Gasteiger partial charge >= 0.3 is 0 Å². The molecule has 2 aliphatic carbocycles. The minimum Gasteiger partial charge on any atom is -0.319 e. The Hall–Kier alpha value is -2.73. The Morgan fingerprint density at radius 2 is 1.85 bits per heavy atom. The number of rotatable bonds is 6. The molecule has 2 aliphatic rings. The smallest absolute Gasteiger partial charge is 0.292 e. The van der Waals surface area contributed by atoms with Gasteiger partial charge < -0.3 is 5.32 Å². The molecule has 0 spiro atoms. The van der Waals surface area contributed by atoms with Crippen molar-refractivity contribution in [3.8, 4) is 0 Å². The number of fused-ring (bicyclic) bond motifs is 1. The molecule has 2 aromatic rings. The molecule has 1 atom stereocenters. The zero-order valence-electron chi connectivity index (χ0n) is 15.1. The third-order valence-electron chi connectivity index (χ3n) is 5.46. The number of para-hydroxylation sites is 2. The van der Waals surface area contributed by atoms with Crippen LogP contribution < -0.4 is 5.32 Å². The average Bonchev–Trinajstić information content (AvgIpc) is 3.51. The van der Waals surface area contributed by atoms with Crippen LogP contribution in [-0.2, 0) is 11.2 Å². The highest BCUT2D eigenvalue weighted by Gasteiger charge is 2.37. The summed E-state index contributed by atoms with van der Waals surface area (Å²) in [6.07, 6.45) is 5.48. The summed E-state index contributed by atoms with van der Waals surface area (Å²) in [5.74, 6) is -0.195. The first kappa shape index (κ1) is 17.7. The van der Waals surface area contributed by atoms with E-state index in [1.165, 1.54) is 17.2 Å². The number of amides is 1. The Kier molecular flexibility index (Phi) is 4.90. The van der Waals surface area contributed by atoms with Crippen molar-refractivity contribution in [2.24, 2.45) is 0 Å². The van der Waals surface area contributed by atoms with E-state index in [0.717, 1.165) is 32.1 Å². The van der Waals surface area contributed by atoms with Crippen molar-refractivity contribution in [1.29, 1.82) is 0 Å². The van der Waals surface area contributed by atoms with E-state index >= 15 is 0 Å². The number of nitro groups is 1. The molecule has 6 nitrogen and oxygen atoms in total. The normalized spacial score (nSPS) is 18.8. The third-order valence-corrected chi connectivity index (χ3v) is 5.46. The van der Waals surface area contributed by atoms with E-state index < -0.39 is 4.92 Å². The second-order valence-corrected chi connectivity index (χ2v) is 7.33. The molecule has 0 aromatic heterocycles. The maximum absolute atomic E-state index is 12.7. The second kappa shape index (κ2) is 7.48. The van der Waals surface area contributed by atoms with E-state index in [4.69, 9.17) is 0 Å². The van der Waals surface area contributed by atoms with Crippen LogP contribution in [0.4, 0.5) is 11.4 Å². The van der Waals surface area contributed by atoms with E-state index in [-0.39, 0.29) is 29.9 Å². The monoisotopic (exact) mass is 365 g/mol. The van der Waals surface area contributed by atoms with Gasteiger partial charge in [-0.25, -0.2) is 0 Å². The molecule has 4 rings (SSSR count). The molecule has 1 saturated carbocycles. The summed E-state index contributed by atoms with van der Waals surface area (Å²) in [4.78, 5) is 25.7. The van der Waals surface area contributed by atoms with Crippen LogP contribution >= 0.6 is 0 Å². The SMILES string of the molecule is O=C(CN(C1CC1)[C@H]1CCCc2ccccc21)Nc1ccccc1[N+](=O)[O-]. The van der Waals surface area contributed by atoms with Crippen molar-refractivity contribution in [3.05, 3.63) is 69.8 Å². The minimum absolute atomic E-state index is 0.0770. The molecular weight excluding hydrogens is 342 g/mol. The minimum atomic E-state index is -0.467. The number of anilines is 1. The van der Waals surface area contributed by atoms with Gasteiger partial charge in [-0.1, -0.05) is 36.4 Å². The summed E-state index contributed by atoms with van der Waals surface area (Å²) >= 11 is 0. The molecule has 0 radical (unpaired) electrons. The number of hydrogen-bond donors (Lipinski definition) is 1. The van der Waals surface area contributed by atoms with Crippen LogP contribution in [0.5, 0.6) is 0 Å². The Morgan fingerprint density at radius 3 is 2.63 bits per heavy atom. The van der Waals surface area contributed by atoms with Gasteiger partial charge in [-0.2, -0.15) is 0 Å². The van der Waals surface area contributed by atoms with Crippen LogP contribution in [0.2, 0.25) is 0 Å². The topological polar surface area (TPSA) is 75.5 Å². The maximum atomic E-state index is 12.7. The van der Waals surface area contributed by atoms with Crippen LogP contribution in [0, 0.1) is 10.1 Å². The number of nitro benzene ring substituents is 1. The van der Waals surface area contributed by atoms with Gasteiger partial charge in [0.25, 0.3) is 5.69 Å². The molecule has 140 valence electrons. The Bertz CT molecular complexity index is 863. The first-order valence-electron chi connectivity index (χ1n) is 9.50. The zero-order chi connectivity index (χ0) is 18.8. The Balaban J connectivity index is 1.52. The van der Waals surface area contributed by atoms with Crippen LogP contribution in [0.3, 0.4) is 0 Å². The molecule has 1 amide bonds. The highest BCUT2D eigenvalue weighted by atomic mass is 16.6. The predicted octanol–water partition coefficient (Wildman–Crippen LogP) is 4.08. The number of carbonyl (C=O) groups excluding carboxylic acids is 1. The van der Waals surface area contributed by atoms with Crippen molar-refractivity contribution < 1.29 is 9.72 Å². The van der Waals surface area contributed by atoms with Gasteiger partial charge in [-0.3, -0.25) is 19.8 Å². The molecule has 1 fully saturated rings. The van der Waals surface area contributed by atoms with Crippen molar-refractivity contribution >= 4 is 17.3 Å². The second-order valence-electron chi connectivity index (χ2n) is 7.33.